The van der Waals surface area contributed by atoms with Crippen molar-refractivity contribution in [2.45, 2.75) is 25.3 Å². The summed E-state index contributed by atoms with van der Waals surface area (Å²) in [4.78, 5) is 11.0. The molecule has 104 valence electrons. The first-order valence-corrected chi connectivity index (χ1v) is 6.60. The van der Waals surface area contributed by atoms with E-state index in [2.05, 4.69) is 17.4 Å². The molecule has 4 heteroatoms. The molecule has 4 nitrogen and oxygen atoms in total. The monoisotopic (exact) mass is 271 g/mol. The van der Waals surface area contributed by atoms with Crippen LogP contribution in [0.25, 0.3) is 10.8 Å². The number of benzene rings is 2. The van der Waals surface area contributed by atoms with Crippen molar-refractivity contribution in [2.75, 3.05) is 7.11 Å². The van der Waals surface area contributed by atoms with Crippen LogP contribution in [0.1, 0.15) is 18.1 Å². The van der Waals surface area contributed by atoms with E-state index in [0.717, 1.165) is 16.7 Å². The first kappa shape index (κ1) is 12.8. The van der Waals surface area contributed by atoms with Crippen LogP contribution in [0.15, 0.2) is 30.3 Å². The van der Waals surface area contributed by atoms with Gasteiger partial charge in [0.05, 0.1) is 7.11 Å². The smallest absolute Gasteiger partial charge is 0.405 e. The third-order valence-electron chi connectivity index (χ3n) is 3.92. The third-order valence-corrected chi connectivity index (χ3v) is 3.92. The molecule has 0 spiro atoms. The molecule has 1 amide bonds. The summed E-state index contributed by atoms with van der Waals surface area (Å²) >= 11 is 0. The van der Waals surface area contributed by atoms with Gasteiger partial charge in [-0.05, 0) is 53.8 Å². The number of carbonyl (C=O) groups is 1. The molecule has 2 aromatic rings. The van der Waals surface area contributed by atoms with Gasteiger partial charge in [0.2, 0.25) is 0 Å². The lowest BCUT2D eigenvalue weighted by Crippen LogP contribution is -2.50. The maximum atomic E-state index is 11.0. The Labute approximate surface area is 117 Å². The van der Waals surface area contributed by atoms with Gasteiger partial charge in [-0.15, -0.1) is 0 Å². The maximum absolute atomic E-state index is 11.0. The highest BCUT2D eigenvalue weighted by Crippen LogP contribution is 2.36. The van der Waals surface area contributed by atoms with Gasteiger partial charge in [-0.2, -0.15) is 0 Å². The minimum absolute atomic E-state index is 0.473. The zero-order valence-corrected chi connectivity index (χ0v) is 11.6. The Bertz CT molecular complexity index is 695. The summed E-state index contributed by atoms with van der Waals surface area (Å²) in [7, 11) is 1.65. The van der Waals surface area contributed by atoms with Gasteiger partial charge in [-0.1, -0.05) is 18.2 Å². The average Bonchev–Trinajstić information content (AvgIpc) is 2.36. The fourth-order valence-electron chi connectivity index (χ4n) is 3.23. The molecule has 1 aliphatic carbocycles. The minimum Gasteiger partial charge on any atom is -0.497 e. The van der Waals surface area contributed by atoms with Crippen molar-refractivity contribution >= 4 is 16.9 Å². The van der Waals surface area contributed by atoms with Gasteiger partial charge >= 0.3 is 6.09 Å². The van der Waals surface area contributed by atoms with Crippen molar-refractivity contribution < 1.29 is 14.6 Å². The Morgan fingerprint density at radius 1 is 1.30 bits per heavy atom. The van der Waals surface area contributed by atoms with Crippen LogP contribution >= 0.6 is 0 Å². The Hall–Kier alpha value is -2.23. The number of ether oxygens (including phenoxy) is 1. The Morgan fingerprint density at radius 3 is 2.75 bits per heavy atom. The van der Waals surface area contributed by atoms with E-state index in [1.165, 1.54) is 10.9 Å². The van der Waals surface area contributed by atoms with Crippen LogP contribution in [0.2, 0.25) is 0 Å². The van der Waals surface area contributed by atoms with Crippen molar-refractivity contribution in [3.05, 3.63) is 41.5 Å². The van der Waals surface area contributed by atoms with Gasteiger partial charge < -0.3 is 15.2 Å². The Kier molecular flexibility index (Phi) is 2.82. The fourth-order valence-corrected chi connectivity index (χ4v) is 3.23. The molecule has 0 saturated carbocycles. The number of rotatable bonds is 2. The summed E-state index contributed by atoms with van der Waals surface area (Å²) in [5, 5.41) is 14.1. The fraction of sp³-hybridized carbons (Fsp3) is 0.312. The van der Waals surface area contributed by atoms with E-state index in [-0.39, 0.29) is 0 Å². The lowest BCUT2D eigenvalue weighted by atomic mass is 9.77. The summed E-state index contributed by atoms with van der Waals surface area (Å²) in [6.07, 6.45) is 0.394. The second kappa shape index (κ2) is 4.40. The molecule has 0 fully saturated rings. The van der Waals surface area contributed by atoms with Crippen molar-refractivity contribution in [2.24, 2.45) is 0 Å². The van der Waals surface area contributed by atoms with E-state index in [9.17, 15) is 4.79 Å². The summed E-state index contributed by atoms with van der Waals surface area (Å²) in [6.45, 7) is 1.95. The predicted octanol–water partition coefficient (Wildman–Crippen LogP) is 2.97. The Morgan fingerprint density at radius 2 is 2.05 bits per heavy atom. The first-order chi connectivity index (χ1) is 9.50. The summed E-state index contributed by atoms with van der Waals surface area (Å²) in [5.41, 5.74) is 1.85. The van der Waals surface area contributed by atoms with Crippen LogP contribution in [0.4, 0.5) is 4.79 Å². The van der Waals surface area contributed by atoms with E-state index in [4.69, 9.17) is 9.84 Å². The third kappa shape index (κ3) is 2.07. The molecular formula is C16H17NO3. The van der Waals surface area contributed by atoms with E-state index in [1.54, 1.807) is 7.11 Å². The zero-order chi connectivity index (χ0) is 14.3. The predicted molar refractivity (Wildman–Crippen MR) is 77.5 cm³/mol. The standard InChI is InChI=1S/C16H17NO3/c1-16(17-15(18)19)8-11-5-3-4-10-6-13(20-2)7-12(9-16)14(10)11/h3-7,17H,8-9H2,1-2H3,(H,18,19). The number of nitrogens with one attached hydrogen (secondary N) is 1. The number of amides is 1. The quantitative estimate of drug-likeness (QED) is 0.882. The molecule has 0 aliphatic heterocycles. The molecule has 2 aromatic carbocycles. The Balaban J connectivity index is 2.16. The molecule has 0 heterocycles. The molecule has 1 atom stereocenters. The molecule has 2 N–H and O–H groups in total. The van der Waals surface area contributed by atoms with E-state index >= 15 is 0 Å². The van der Waals surface area contributed by atoms with E-state index in [0.29, 0.717) is 12.8 Å². The molecule has 0 bridgehead atoms. The van der Waals surface area contributed by atoms with Crippen molar-refractivity contribution in [3.8, 4) is 5.75 Å². The summed E-state index contributed by atoms with van der Waals surface area (Å²) < 4.78 is 5.34. The second-order valence-electron chi connectivity index (χ2n) is 5.65. The van der Waals surface area contributed by atoms with E-state index < -0.39 is 11.6 Å². The molecule has 3 rings (SSSR count). The van der Waals surface area contributed by atoms with Crippen LogP contribution in [0.3, 0.4) is 0 Å². The average molecular weight is 271 g/mol. The van der Waals surface area contributed by atoms with Crippen LogP contribution in [0.5, 0.6) is 5.75 Å². The lowest BCUT2D eigenvalue weighted by molar-refractivity contribution is 0.179. The largest absolute Gasteiger partial charge is 0.497 e. The molecule has 0 radical (unpaired) electrons. The number of hydrogen-bond acceptors (Lipinski definition) is 2. The van der Waals surface area contributed by atoms with Crippen LogP contribution in [-0.2, 0) is 12.8 Å². The molecule has 1 aliphatic rings. The van der Waals surface area contributed by atoms with Gasteiger partial charge in [0.15, 0.2) is 0 Å². The van der Waals surface area contributed by atoms with Crippen molar-refractivity contribution in [3.63, 3.8) is 0 Å². The van der Waals surface area contributed by atoms with Gasteiger partial charge in [-0.25, -0.2) is 4.79 Å². The van der Waals surface area contributed by atoms with Crippen molar-refractivity contribution in [1.29, 1.82) is 0 Å². The molecule has 20 heavy (non-hydrogen) atoms. The minimum atomic E-state index is -0.981. The highest BCUT2D eigenvalue weighted by atomic mass is 16.5. The summed E-state index contributed by atoms with van der Waals surface area (Å²) in [5.74, 6) is 0.809. The maximum Gasteiger partial charge on any atom is 0.405 e. The van der Waals surface area contributed by atoms with Crippen molar-refractivity contribution in [1.82, 2.24) is 5.32 Å². The number of methoxy groups -OCH3 is 1. The van der Waals surface area contributed by atoms with Crippen LogP contribution in [-0.4, -0.2) is 23.8 Å². The molecule has 0 aromatic heterocycles. The van der Waals surface area contributed by atoms with Gasteiger partial charge in [0.1, 0.15) is 5.75 Å². The number of carboxylic acid groups (broad SMARTS) is 1. The summed E-state index contributed by atoms with van der Waals surface area (Å²) in [6, 6.07) is 10.2. The second-order valence-corrected chi connectivity index (χ2v) is 5.65. The molecule has 1 unspecified atom stereocenters. The van der Waals surface area contributed by atoms with Gasteiger partial charge in [0.25, 0.3) is 0 Å². The highest BCUT2D eigenvalue weighted by molar-refractivity contribution is 5.91. The van der Waals surface area contributed by atoms with Gasteiger partial charge in [-0.3, -0.25) is 0 Å². The van der Waals surface area contributed by atoms with Crippen LogP contribution < -0.4 is 10.1 Å². The van der Waals surface area contributed by atoms with E-state index in [1.807, 2.05) is 25.1 Å². The molecule has 0 saturated heterocycles. The first-order valence-electron chi connectivity index (χ1n) is 6.60. The lowest BCUT2D eigenvalue weighted by Gasteiger charge is -2.35. The zero-order valence-electron chi connectivity index (χ0n) is 11.6. The molecular weight excluding hydrogens is 254 g/mol. The SMILES string of the molecule is COc1cc2c3c(cccc3c1)CC(C)(NC(=O)O)C2. The highest BCUT2D eigenvalue weighted by Gasteiger charge is 2.32. The normalized spacial score (nSPS) is 20.7. The topological polar surface area (TPSA) is 58.6 Å². The van der Waals surface area contributed by atoms with Gasteiger partial charge in [0, 0.05) is 5.54 Å². The van der Waals surface area contributed by atoms with Crippen LogP contribution in [0, 0.1) is 0 Å². The number of hydrogen-bond donors (Lipinski definition) is 2.